The Labute approximate surface area is 217 Å². The van der Waals surface area contributed by atoms with E-state index in [1.54, 1.807) is 6.07 Å². The number of alkyl halides is 3. The van der Waals surface area contributed by atoms with Gasteiger partial charge in [-0.05, 0) is 60.8 Å². The molecule has 2 aromatic rings. The van der Waals surface area contributed by atoms with E-state index < -0.39 is 11.7 Å². The molecule has 2 aliphatic rings. The SMILES string of the molecule is CC(=O)NCCc1cncn1C[C@H](C)CC[C@@H]1[C@H](C)c2cc(C(F)(F)F)ccc2N[C@H]1C1C=CC=CC1. The summed E-state index contributed by atoms with van der Waals surface area (Å²) in [6, 6.07) is 4.28. The topological polar surface area (TPSA) is 59.0 Å². The second-order valence-corrected chi connectivity index (χ2v) is 10.6. The first-order chi connectivity index (χ1) is 17.6. The lowest BCUT2D eigenvalue weighted by Gasteiger charge is -2.43. The van der Waals surface area contributed by atoms with Crippen molar-refractivity contribution >= 4 is 11.6 Å². The van der Waals surface area contributed by atoms with E-state index in [9.17, 15) is 18.0 Å². The number of anilines is 1. The molecule has 4 rings (SSSR count). The number of fused-ring (bicyclic) bond motifs is 1. The molecule has 2 heterocycles. The second-order valence-electron chi connectivity index (χ2n) is 10.6. The quantitative estimate of drug-likeness (QED) is 0.410. The molecule has 1 amide bonds. The molecule has 1 unspecified atom stereocenters. The van der Waals surface area contributed by atoms with Gasteiger partial charge in [0.1, 0.15) is 0 Å². The number of imidazole rings is 1. The molecule has 0 fully saturated rings. The van der Waals surface area contributed by atoms with Gasteiger partial charge in [0.05, 0.1) is 11.9 Å². The molecule has 0 spiro atoms. The van der Waals surface area contributed by atoms with E-state index in [0.29, 0.717) is 18.4 Å². The number of carbonyl (C=O) groups is 1. The van der Waals surface area contributed by atoms with Gasteiger partial charge in [0.15, 0.2) is 0 Å². The smallest absolute Gasteiger partial charge is 0.381 e. The number of aromatic nitrogens is 2. The van der Waals surface area contributed by atoms with E-state index in [-0.39, 0.29) is 23.8 Å². The van der Waals surface area contributed by atoms with E-state index in [1.807, 2.05) is 12.5 Å². The Balaban J connectivity index is 1.47. The minimum Gasteiger partial charge on any atom is -0.381 e. The van der Waals surface area contributed by atoms with E-state index in [4.69, 9.17) is 0 Å². The highest BCUT2D eigenvalue weighted by atomic mass is 19.4. The van der Waals surface area contributed by atoms with Gasteiger partial charge in [-0.2, -0.15) is 13.2 Å². The number of halogens is 3. The van der Waals surface area contributed by atoms with Crippen LogP contribution in [-0.4, -0.2) is 28.0 Å². The molecule has 0 bridgehead atoms. The van der Waals surface area contributed by atoms with Crippen molar-refractivity contribution < 1.29 is 18.0 Å². The minimum atomic E-state index is -4.35. The van der Waals surface area contributed by atoms with Crippen LogP contribution in [0, 0.1) is 17.8 Å². The maximum absolute atomic E-state index is 13.5. The average molecular weight is 515 g/mol. The molecule has 0 saturated heterocycles. The van der Waals surface area contributed by atoms with E-state index in [1.165, 1.54) is 19.1 Å². The van der Waals surface area contributed by atoms with Crippen LogP contribution in [0.3, 0.4) is 0 Å². The zero-order valence-electron chi connectivity index (χ0n) is 21.8. The van der Waals surface area contributed by atoms with E-state index in [0.717, 1.165) is 49.2 Å². The van der Waals surface area contributed by atoms with Crippen molar-refractivity contribution in [1.82, 2.24) is 14.9 Å². The Morgan fingerprint density at radius 2 is 2.11 bits per heavy atom. The Kier molecular flexibility index (Phi) is 8.45. The molecule has 8 heteroatoms. The Morgan fingerprint density at radius 3 is 2.81 bits per heavy atom. The average Bonchev–Trinajstić information content (AvgIpc) is 3.29. The highest BCUT2D eigenvalue weighted by molar-refractivity contribution is 5.72. The fourth-order valence-electron chi connectivity index (χ4n) is 5.79. The molecule has 0 saturated carbocycles. The van der Waals surface area contributed by atoms with Crippen molar-refractivity contribution in [2.75, 3.05) is 11.9 Å². The first-order valence-corrected chi connectivity index (χ1v) is 13.2. The van der Waals surface area contributed by atoms with Crippen molar-refractivity contribution in [3.8, 4) is 0 Å². The van der Waals surface area contributed by atoms with Crippen molar-refractivity contribution in [2.24, 2.45) is 17.8 Å². The molecule has 1 aromatic heterocycles. The number of nitrogens with one attached hydrogen (secondary N) is 2. The lowest BCUT2D eigenvalue weighted by molar-refractivity contribution is -0.137. The summed E-state index contributed by atoms with van der Waals surface area (Å²) < 4.78 is 42.5. The summed E-state index contributed by atoms with van der Waals surface area (Å²) in [5, 5.41) is 6.46. The predicted molar refractivity (Wildman–Crippen MR) is 140 cm³/mol. The summed E-state index contributed by atoms with van der Waals surface area (Å²) in [5.74, 6) is 0.845. The maximum atomic E-state index is 13.5. The van der Waals surface area contributed by atoms with Crippen molar-refractivity contribution in [2.45, 2.75) is 71.1 Å². The number of rotatable bonds is 9. The van der Waals surface area contributed by atoms with Gasteiger partial charge in [0.2, 0.25) is 5.91 Å². The summed E-state index contributed by atoms with van der Waals surface area (Å²) in [4.78, 5) is 15.5. The Morgan fingerprint density at radius 1 is 1.30 bits per heavy atom. The summed E-state index contributed by atoms with van der Waals surface area (Å²) in [5.41, 5.74) is 2.07. The third-order valence-electron chi connectivity index (χ3n) is 7.82. The van der Waals surface area contributed by atoms with Crippen LogP contribution >= 0.6 is 0 Å². The van der Waals surface area contributed by atoms with E-state index >= 15 is 0 Å². The van der Waals surface area contributed by atoms with Crippen LogP contribution in [0.25, 0.3) is 0 Å². The zero-order valence-corrected chi connectivity index (χ0v) is 21.8. The summed E-state index contributed by atoms with van der Waals surface area (Å²) >= 11 is 0. The van der Waals surface area contributed by atoms with Crippen molar-refractivity contribution in [3.05, 3.63) is 71.8 Å². The third-order valence-corrected chi connectivity index (χ3v) is 7.82. The van der Waals surface area contributed by atoms with Gasteiger partial charge in [-0.15, -0.1) is 0 Å². The number of hydrogen-bond acceptors (Lipinski definition) is 3. The Bertz CT molecular complexity index is 1140. The molecule has 37 heavy (non-hydrogen) atoms. The molecule has 1 aliphatic carbocycles. The maximum Gasteiger partial charge on any atom is 0.416 e. The number of amides is 1. The van der Waals surface area contributed by atoms with Gasteiger partial charge >= 0.3 is 6.18 Å². The number of hydrogen-bond donors (Lipinski definition) is 2. The van der Waals surface area contributed by atoms with Crippen LogP contribution in [0.4, 0.5) is 18.9 Å². The minimum absolute atomic E-state index is 0.0107. The number of benzene rings is 1. The van der Waals surface area contributed by atoms with Gasteiger partial charge < -0.3 is 15.2 Å². The second kappa shape index (κ2) is 11.6. The summed E-state index contributed by atoms with van der Waals surface area (Å²) in [6.07, 6.45) is 11.4. The highest BCUT2D eigenvalue weighted by Crippen LogP contribution is 2.46. The van der Waals surface area contributed by atoms with Gasteiger partial charge in [-0.3, -0.25) is 4.79 Å². The summed E-state index contributed by atoms with van der Waals surface area (Å²) in [7, 11) is 0. The first-order valence-electron chi connectivity index (χ1n) is 13.2. The normalized spacial score (nSPS) is 23.8. The lowest BCUT2D eigenvalue weighted by atomic mass is 9.70. The van der Waals surface area contributed by atoms with Gasteiger partial charge in [0.25, 0.3) is 0 Å². The fraction of sp³-hybridized carbons (Fsp3) is 0.517. The number of allylic oxidation sites excluding steroid dienone is 3. The molecular formula is C29H37F3N4O. The van der Waals surface area contributed by atoms with Gasteiger partial charge in [0, 0.05) is 56.0 Å². The molecule has 2 N–H and O–H groups in total. The molecule has 1 aliphatic heterocycles. The van der Waals surface area contributed by atoms with Crippen molar-refractivity contribution in [3.63, 3.8) is 0 Å². The van der Waals surface area contributed by atoms with Crippen LogP contribution in [0.2, 0.25) is 0 Å². The monoisotopic (exact) mass is 514 g/mol. The van der Waals surface area contributed by atoms with Crippen LogP contribution in [0.5, 0.6) is 0 Å². The molecule has 5 nitrogen and oxygen atoms in total. The lowest BCUT2D eigenvalue weighted by Crippen LogP contribution is -2.42. The first kappa shape index (κ1) is 27.0. The largest absolute Gasteiger partial charge is 0.416 e. The summed E-state index contributed by atoms with van der Waals surface area (Å²) in [6.45, 7) is 7.20. The standard InChI is InChI=1S/C29H37F3N4O/c1-19(17-36-18-33-16-24(36)13-14-34-21(3)37)9-11-25-20(2)26-15-23(29(30,31)32)10-12-27(26)35-28(25)22-7-5-4-6-8-22/h4-7,10,12,15-16,18-20,22,25,28,35H,8-9,11,13-14,17H2,1-3H3,(H,34,37)/t19-,20+,22?,25-,28+/m1/s1. The van der Waals surface area contributed by atoms with Gasteiger partial charge in [-0.1, -0.05) is 38.2 Å². The fourth-order valence-corrected chi connectivity index (χ4v) is 5.79. The molecule has 0 radical (unpaired) electrons. The third kappa shape index (κ3) is 6.65. The van der Waals surface area contributed by atoms with Crippen molar-refractivity contribution in [1.29, 1.82) is 0 Å². The van der Waals surface area contributed by atoms with E-state index in [2.05, 4.69) is 58.3 Å². The molecule has 5 atom stereocenters. The number of nitrogens with zero attached hydrogens (tertiary/aromatic N) is 2. The molecule has 1 aromatic carbocycles. The molecular weight excluding hydrogens is 477 g/mol. The zero-order chi connectivity index (χ0) is 26.6. The van der Waals surface area contributed by atoms with Crippen LogP contribution in [-0.2, 0) is 23.9 Å². The Hall–Kier alpha value is -3.03. The van der Waals surface area contributed by atoms with Gasteiger partial charge in [-0.25, -0.2) is 4.98 Å². The van der Waals surface area contributed by atoms with Crippen LogP contribution in [0.15, 0.2) is 55.0 Å². The predicted octanol–water partition coefficient (Wildman–Crippen LogP) is 6.34. The van der Waals surface area contributed by atoms with Crippen LogP contribution < -0.4 is 10.6 Å². The molecule has 200 valence electrons. The number of carbonyl (C=O) groups excluding carboxylic acids is 1. The van der Waals surface area contributed by atoms with Crippen LogP contribution in [0.1, 0.15) is 62.8 Å². The highest BCUT2D eigenvalue weighted by Gasteiger charge is 2.39.